The largest absolute Gasteiger partial charge is 0.481 e. The van der Waals surface area contributed by atoms with Crippen LogP contribution >= 0.6 is 0 Å². The highest BCUT2D eigenvalue weighted by molar-refractivity contribution is 5.78. The molecule has 0 aliphatic heterocycles. The van der Waals surface area contributed by atoms with Gasteiger partial charge in [0.25, 0.3) is 0 Å². The summed E-state index contributed by atoms with van der Waals surface area (Å²) in [6, 6.07) is 0. The van der Waals surface area contributed by atoms with Crippen LogP contribution in [0.4, 0.5) is 0 Å². The van der Waals surface area contributed by atoms with E-state index < -0.39 is 17.9 Å². The molecule has 0 bridgehead atoms. The maximum atomic E-state index is 10.9. The van der Waals surface area contributed by atoms with Crippen LogP contribution < -0.4 is 0 Å². The molecule has 0 aliphatic carbocycles. The van der Waals surface area contributed by atoms with Crippen molar-refractivity contribution in [1.29, 1.82) is 0 Å². The molecule has 0 fully saturated rings. The number of ether oxygens (including phenoxy) is 1. The first-order valence-electron chi connectivity index (χ1n) is 4.46. The SMILES string of the molecule is CCCCOC(=O)C[C@H](C)C(=O)O. The minimum absolute atomic E-state index is 0.0426. The average molecular weight is 188 g/mol. The zero-order chi connectivity index (χ0) is 10.3. The molecule has 1 atom stereocenters. The van der Waals surface area contributed by atoms with Gasteiger partial charge in [0.05, 0.1) is 18.9 Å². The standard InChI is InChI=1S/C9H16O4/c1-3-4-5-13-8(10)6-7(2)9(11)12/h7H,3-6H2,1-2H3,(H,11,12)/t7-/m0/s1. The molecule has 1 N–H and O–H groups in total. The Morgan fingerprint density at radius 2 is 2.08 bits per heavy atom. The van der Waals surface area contributed by atoms with Crippen LogP contribution in [0.2, 0.25) is 0 Å². The highest BCUT2D eigenvalue weighted by atomic mass is 16.5. The number of aliphatic carboxylic acids is 1. The number of carbonyl (C=O) groups is 2. The van der Waals surface area contributed by atoms with Gasteiger partial charge in [-0.1, -0.05) is 20.3 Å². The number of carboxylic acids is 1. The fraction of sp³-hybridized carbons (Fsp3) is 0.778. The Kier molecular flexibility index (Phi) is 5.93. The van der Waals surface area contributed by atoms with Gasteiger partial charge < -0.3 is 9.84 Å². The smallest absolute Gasteiger partial charge is 0.306 e. The van der Waals surface area contributed by atoms with Gasteiger partial charge in [-0.25, -0.2) is 0 Å². The van der Waals surface area contributed by atoms with Crippen LogP contribution in [-0.2, 0) is 14.3 Å². The molecule has 0 radical (unpaired) electrons. The Bertz CT molecular complexity index is 176. The van der Waals surface area contributed by atoms with E-state index in [4.69, 9.17) is 9.84 Å². The first-order chi connectivity index (χ1) is 6.07. The summed E-state index contributed by atoms with van der Waals surface area (Å²) in [5, 5.41) is 8.49. The monoisotopic (exact) mass is 188 g/mol. The molecule has 0 amide bonds. The maximum absolute atomic E-state index is 10.9. The van der Waals surface area contributed by atoms with E-state index in [1.807, 2.05) is 6.92 Å². The molecule has 0 saturated carbocycles. The maximum Gasteiger partial charge on any atom is 0.306 e. The number of hydrogen-bond donors (Lipinski definition) is 1. The summed E-state index contributed by atoms with van der Waals surface area (Å²) >= 11 is 0. The molecule has 4 heteroatoms. The van der Waals surface area contributed by atoms with Crippen LogP contribution in [0.3, 0.4) is 0 Å². The molecule has 0 aliphatic rings. The predicted molar refractivity (Wildman–Crippen MR) is 47.3 cm³/mol. The normalized spacial score (nSPS) is 12.2. The van der Waals surface area contributed by atoms with Gasteiger partial charge in [-0.3, -0.25) is 9.59 Å². The Morgan fingerprint density at radius 1 is 1.46 bits per heavy atom. The van der Waals surface area contributed by atoms with E-state index in [1.165, 1.54) is 6.92 Å². The molecular formula is C9H16O4. The van der Waals surface area contributed by atoms with E-state index in [2.05, 4.69) is 0 Å². The van der Waals surface area contributed by atoms with E-state index in [0.717, 1.165) is 12.8 Å². The van der Waals surface area contributed by atoms with Gasteiger partial charge in [0.2, 0.25) is 0 Å². The zero-order valence-corrected chi connectivity index (χ0v) is 8.08. The van der Waals surface area contributed by atoms with E-state index >= 15 is 0 Å². The van der Waals surface area contributed by atoms with E-state index in [9.17, 15) is 9.59 Å². The first kappa shape index (κ1) is 11.9. The molecule has 13 heavy (non-hydrogen) atoms. The topological polar surface area (TPSA) is 63.6 Å². The summed E-state index contributed by atoms with van der Waals surface area (Å²) in [5.74, 6) is -2.05. The van der Waals surface area contributed by atoms with Crippen LogP contribution in [-0.4, -0.2) is 23.7 Å². The lowest BCUT2D eigenvalue weighted by Gasteiger charge is -2.06. The molecule has 0 heterocycles. The van der Waals surface area contributed by atoms with Crippen molar-refractivity contribution in [3.8, 4) is 0 Å². The minimum Gasteiger partial charge on any atom is -0.481 e. The Labute approximate surface area is 77.9 Å². The Hall–Kier alpha value is -1.06. The van der Waals surface area contributed by atoms with Crippen molar-refractivity contribution in [2.24, 2.45) is 5.92 Å². The van der Waals surface area contributed by atoms with Gasteiger partial charge >= 0.3 is 11.9 Å². The number of unbranched alkanes of at least 4 members (excludes halogenated alkanes) is 1. The summed E-state index contributed by atoms with van der Waals surface area (Å²) in [4.78, 5) is 21.3. The number of rotatable bonds is 6. The van der Waals surface area contributed by atoms with Gasteiger partial charge in [-0.15, -0.1) is 0 Å². The molecule has 0 saturated heterocycles. The third-order valence-electron chi connectivity index (χ3n) is 1.66. The second kappa shape index (κ2) is 6.46. The number of hydrogen-bond acceptors (Lipinski definition) is 3. The molecule has 0 aromatic rings. The minimum atomic E-state index is -0.965. The summed E-state index contributed by atoms with van der Waals surface area (Å²) in [6.07, 6.45) is 1.74. The molecule has 0 aromatic carbocycles. The van der Waals surface area contributed by atoms with Gasteiger partial charge in [0, 0.05) is 0 Å². The second-order valence-corrected chi connectivity index (χ2v) is 3.02. The highest BCUT2D eigenvalue weighted by Gasteiger charge is 2.16. The van der Waals surface area contributed by atoms with Crippen LogP contribution in [0.15, 0.2) is 0 Å². The van der Waals surface area contributed by atoms with Gasteiger partial charge in [-0.05, 0) is 6.42 Å². The van der Waals surface area contributed by atoms with Crippen LogP contribution in [0, 0.1) is 5.92 Å². The van der Waals surface area contributed by atoms with Crippen molar-refractivity contribution in [2.45, 2.75) is 33.1 Å². The van der Waals surface area contributed by atoms with Crippen molar-refractivity contribution in [3.05, 3.63) is 0 Å². The van der Waals surface area contributed by atoms with Crippen LogP contribution in [0.25, 0.3) is 0 Å². The van der Waals surface area contributed by atoms with Crippen molar-refractivity contribution < 1.29 is 19.4 Å². The predicted octanol–water partition coefficient (Wildman–Crippen LogP) is 1.44. The molecule has 0 spiro atoms. The van der Waals surface area contributed by atoms with Crippen molar-refractivity contribution in [2.75, 3.05) is 6.61 Å². The van der Waals surface area contributed by atoms with E-state index in [-0.39, 0.29) is 6.42 Å². The van der Waals surface area contributed by atoms with Crippen LogP contribution in [0.5, 0.6) is 0 Å². The summed E-state index contributed by atoms with van der Waals surface area (Å²) < 4.78 is 4.80. The molecule has 0 unspecified atom stereocenters. The molecule has 0 aromatic heterocycles. The third-order valence-corrected chi connectivity index (χ3v) is 1.66. The average Bonchev–Trinajstić information content (AvgIpc) is 2.04. The molecule has 0 rings (SSSR count). The number of carbonyl (C=O) groups excluding carboxylic acids is 1. The lowest BCUT2D eigenvalue weighted by atomic mass is 10.1. The van der Waals surface area contributed by atoms with E-state index in [1.54, 1.807) is 0 Å². The Balaban J connectivity index is 3.56. The highest BCUT2D eigenvalue weighted by Crippen LogP contribution is 2.03. The number of esters is 1. The van der Waals surface area contributed by atoms with Crippen molar-refractivity contribution in [1.82, 2.24) is 0 Å². The third kappa shape index (κ3) is 6.13. The molecule has 4 nitrogen and oxygen atoms in total. The zero-order valence-electron chi connectivity index (χ0n) is 8.08. The van der Waals surface area contributed by atoms with Crippen LogP contribution in [0.1, 0.15) is 33.1 Å². The van der Waals surface area contributed by atoms with Gasteiger partial charge in [-0.2, -0.15) is 0 Å². The quantitative estimate of drug-likeness (QED) is 0.506. The fourth-order valence-corrected chi connectivity index (χ4v) is 0.727. The lowest BCUT2D eigenvalue weighted by Crippen LogP contribution is -2.16. The number of carboxylic acid groups (broad SMARTS) is 1. The van der Waals surface area contributed by atoms with Crippen molar-refractivity contribution in [3.63, 3.8) is 0 Å². The van der Waals surface area contributed by atoms with E-state index in [0.29, 0.717) is 6.61 Å². The lowest BCUT2D eigenvalue weighted by molar-refractivity contribution is -0.151. The second-order valence-electron chi connectivity index (χ2n) is 3.02. The van der Waals surface area contributed by atoms with Gasteiger partial charge in [0.15, 0.2) is 0 Å². The molecule has 76 valence electrons. The van der Waals surface area contributed by atoms with Gasteiger partial charge in [0.1, 0.15) is 0 Å². The summed E-state index contributed by atoms with van der Waals surface area (Å²) in [5.41, 5.74) is 0. The van der Waals surface area contributed by atoms with Crippen molar-refractivity contribution >= 4 is 11.9 Å². The Morgan fingerprint density at radius 3 is 2.54 bits per heavy atom. The summed E-state index contributed by atoms with van der Waals surface area (Å²) in [7, 11) is 0. The fourth-order valence-electron chi connectivity index (χ4n) is 0.727. The summed E-state index contributed by atoms with van der Waals surface area (Å²) in [6.45, 7) is 3.87. The first-order valence-corrected chi connectivity index (χ1v) is 4.46. The molecular weight excluding hydrogens is 172 g/mol.